The minimum Gasteiger partial charge on any atom is -0.490 e. The molecule has 0 aliphatic heterocycles. The van der Waals surface area contributed by atoms with E-state index in [1.807, 2.05) is 38.4 Å². The van der Waals surface area contributed by atoms with E-state index in [-0.39, 0.29) is 17.6 Å². The lowest BCUT2D eigenvalue weighted by molar-refractivity contribution is 0.280. The Morgan fingerprint density at radius 3 is 2.68 bits per heavy atom. The first-order chi connectivity index (χ1) is 15.0. The summed E-state index contributed by atoms with van der Waals surface area (Å²) in [4.78, 5) is 23.1. The molecule has 0 amide bonds. The van der Waals surface area contributed by atoms with Crippen LogP contribution in [-0.4, -0.2) is 46.7 Å². The molecule has 7 nitrogen and oxygen atoms in total. The number of oxazole rings is 1. The number of ether oxygens (including phenoxy) is 1. The lowest BCUT2D eigenvalue weighted by Gasteiger charge is -2.10. The Hall–Kier alpha value is -3.52. The maximum Gasteiger partial charge on any atom is 0.420 e. The third kappa shape index (κ3) is 4.80. The van der Waals surface area contributed by atoms with Crippen LogP contribution in [-0.2, 0) is 6.54 Å². The maximum atomic E-state index is 14.2. The Labute approximate surface area is 178 Å². The molecule has 4 rings (SSSR count). The molecule has 0 fully saturated rings. The zero-order valence-electron chi connectivity index (χ0n) is 17.4. The van der Waals surface area contributed by atoms with Gasteiger partial charge in [-0.1, -0.05) is 24.3 Å². The molecule has 0 saturated carbocycles. The smallest absolute Gasteiger partial charge is 0.420 e. The van der Waals surface area contributed by atoms with Crippen LogP contribution in [0.15, 0.2) is 64.1 Å². The summed E-state index contributed by atoms with van der Waals surface area (Å²) in [6.45, 7) is 1.72. The van der Waals surface area contributed by atoms with Crippen LogP contribution in [0.25, 0.3) is 22.5 Å². The first-order valence-corrected chi connectivity index (χ1v) is 9.98. The van der Waals surface area contributed by atoms with Crippen LogP contribution in [0.5, 0.6) is 5.75 Å². The van der Waals surface area contributed by atoms with Gasteiger partial charge in [-0.25, -0.2) is 19.2 Å². The summed E-state index contributed by atoms with van der Waals surface area (Å²) in [5.74, 6) is 0.0603. The SMILES string of the molecule is CN(C)CCCOc1cnc(-c2cccc(Cn3c(=O)oc4cccc(F)c43)c2)nc1. The predicted octanol–water partition coefficient (Wildman–Crippen LogP) is 3.57. The number of hydrogen-bond acceptors (Lipinski definition) is 6. The summed E-state index contributed by atoms with van der Waals surface area (Å²) >= 11 is 0. The molecule has 0 aliphatic carbocycles. The minimum atomic E-state index is -0.600. The molecule has 0 spiro atoms. The molecule has 31 heavy (non-hydrogen) atoms. The molecular formula is C23H23FN4O3. The van der Waals surface area contributed by atoms with E-state index >= 15 is 0 Å². The fourth-order valence-corrected chi connectivity index (χ4v) is 3.33. The molecule has 160 valence electrons. The summed E-state index contributed by atoms with van der Waals surface area (Å²) in [5, 5.41) is 0. The van der Waals surface area contributed by atoms with E-state index in [0.717, 1.165) is 24.1 Å². The molecule has 8 heteroatoms. The van der Waals surface area contributed by atoms with E-state index in [1.165, 1.54) is 16.7 Å². The number of rotatable bonds is 8. The molecule has 4 aromatic rings. The fraction of sp³-hybridized carbons (Fsp3) is 0.261. The predicted molar refractivity (Wildman–Crippen MR) is 116 cm³/mol. The van der Waals surface area contributed by atoms with Gasteiger partial charge in [0.05, 0.1) is 25.5 Å². The number of para-hydroxylation sites is 1. The average molecular weight is 422 g/mol. The Balaban J connectivity index is 1.50. The largest absolute Gasteiger partial charge is 0.490 e. The standard InChI is InChI=1S/C23H23FN4O3/c1-27(2)10-5-11-30-18-13-25-22(26-14-18)17-7-3-6-16(12-17)15-28-21-19(24)8-4-9-20(21)31-23(28)29/h3-4,6-9,12-14H,5,10-11,15H2,1-2H3. The van der Waals surface area contributed by atoms with Crippen molar-refractivity contribution in [3.8, 4) is 17.1 Å². The van der Waals surface area contributed by atoms with Gasteiger partial charge < -0.3 is 14.1 Å². The number of aromatic nitrogens is 3. The molecule has 0 radical (unpaired) electrons. The summed E-state index contributed by atoms with van der Waals surface area (Å²) in [5.41, 5.74) is 1.98. The number of nitrogens with zero attached hydrogens (tertiary/aromatic N) is 4. The Morgan fingerprint density at radius 2 is 1.90 bits per heavy atom. The van der Waals surface area contributed by atoms with Crippen molar-refractivity contribution < 1.29 is 13.5 Å². The second-order valence-electron chi connectivity index (χ2n) is 7.49. The van der Waals surface area contributed by atoms with Gasteiger partial charge in [-0.05, 0) is 44.3 Å². The number of benzene rings is 2. The van der Waals surface area contributed by atoms with Crippen molar-refractivity contribution in [2.75, 3.05) is 27.2 Å². The molecule has 0 N–H and O–H groups in total. The normalized spacial score (nSPS) is 11.4. The molecule has 2 aromatic carbocycles. The number of hydrogen-bond donors (Lipinski definition) is 0. The van der Waals surface area contributed by atoms with Crippen LogP contribution in [0.4, 0.5) is 4.39 Å². The van der Waals surface area contributed by atoms with Gasteiger partial charge in [0.1, 0.15) is 5.52 Å². The van der Waals surface area contributed by atoms with Crippen LogP contribution >= 0.6 is 0 Å². The van der Waals surface area contributed by atoms with E-state index in [9.17, 15) is 9.18 Å². The topological polar surface area (TPSA) is 73.4 Å². The van der Waals surface area contributed by atoms with E-state index in [1.54, 1.807) is 18.5 Å². The summed E-state index contributed by atoms with van der Waals surface area (Å²) in [7, 11) is 4.04. The summed E-state index contributed by atoms with van der Waals surface area (Å²) in [6, 6.07) is 11.9. The highest BCUT2D eigenvalue weighted by Crippen LogP contribution is 2.21. The highest BCUT2D eigenvalue weighted by Gasteiger charge is 2.14. The van der Waals surface area contributed by atoms with Crippen molar-refractivity contribution >= 4 is 11.1 Å². The monoisotopic (exact) mass is 422 g/mol. The second kappa shape index (κ2) is 9.09. The molecule has 2 heterocycles. The van der Waals surface area contributed by atoms with E-state index in [4.69, 9.17) is 9.15 Å². The second-order valence-corrected chi connectivity index (χ2v) is 7.49. The van der Waals surface area contributed by atoms with Crippen LogP contribution < -0.4 is 10.5 Å². The van der Waals surface area contributed by atoms with Gasteiger partial charge in [0.2, 0.25) is 0 Å². The van der Waals surface area contributed by atoms with Crippen molar-refractivity contribution in [3.05, 3.63) is 76.8 Å². The van der Waals surface area contributed by atoms with Gasteiger partial charge in [-0.2, -0.15) is 0 Å². The zero-order valence-corrected chi connectivity index (χ0v) is 17.4. The van der Waals surface area contributed by atoms with Gasteiger partial charge in [0.15, 0.2) is 23.0 Å². The summed E-state index contributed by atoms with van der Waals surface area (Å²) in [6.07, 6.45) is 4.21. The quantitative estimate of drug-likeness (QED) is 0.404. The highest BCUT2D eigenvalue weighted by molar-refractivity contribution is 5.73. The van der Waals surface area contributed by atoms with Crippen LogP contribution in [0.3, 0.4) is 0 Å². The number of halogens is 1. The lowest BCUT2D eigenvalue weighted by atomic mass is 10.1. The van der Waals surface area contributed by atoms with Gasteiger partial charge in [0.25, 0.3) is 0 Å². The van der Waals surface area contributed by atoms with E-state index in [2.05, 4.69) is 14.9 Å². The molecule has 0 atom stereocenters. The van der Waals surface area contributed by atoms with Gasteiger partial charge in [0, 0.05) is 12.1 Å². The van der Waals surface area contributed by atoms with E-state index in [0.29, 0.717) is 18.2 Å². The Morgan fingerprint density at radius 1 is 1.13 bits per heavy atom. The van der Waals surface area contributed by atoms with Crippen molar-refractivity contribution in [2.45, 2.75) is 13.0 Å². The molecule has 0 saturated heterocycles. The minimum absolute atomic E-state index is 0.157. The Kier molecular flexibility index (Phi) is 6.08. The van der Waals surface area contributed by atoms with Crippen LogP contribution in [0, 0.1) is 5.82 Å². The average Bonchev–Trinajstić information content (AvgIpc) is 3.08. The molecule has 2 aromatic heterocycles. The lowest BCUT2D eigenvalue weighted by Crippen LogP contribution is -2.15. The van der Waals surface area contributed by atoms with Gasteiger partial charge in [-0.3, -0.25) is 4.57 Å². The maximum absolute atomic E-state index is 14.2. The molecule has 0 unspecified atom stereocenters. The zero-order chi connectivity index (χ0) is 21.8. The summed E-state index contributed by atoms with van der Waals surface area (Å²) < 4.78 is 26.4. The first kappa shape index (κ1) is 20.7. The third-order valence-electron chi connectivity index (χ3n) is 4.81. The molecular weight excluding hydrogens is 399 g/mol. The van der Waals surface area contributed by atoms with Crippen molar-refractivity contribution in [1.29, 1.82) is 0 Å². The van der Waals surface area contributed by atoms with Gasteiger partial charge >= 0.3 is 5.76 Å². The first-order valence-electron chi connectivity index (χ1n) is 9.98. The van der Waals surface area contributed by atoms with Crippen LogP contribution in [0.2, 0.25) is 0 Å². The fourth-order valence-electron chi connectivity index (χ4n) is 3.33. The van der Waals surface area contributed by atoms with Crippen LogP contribution in [0.1, 0.15) is 12.0 Å². The number of fused-ring (bicyclic) bond motifs is 1. The van der Waals surface area contributed by atoms with Crippen molar-refractivity contribution in [1.82, 2.24) is 19.4 Å². The van der Waals surface area contributed by atoms with Gasteiger partial charge in [-0.15, -0.1) is 0 Å². The van der Waals surface area contributed by atoms with Crippen molar-refractivity contribution in [2.24, 2.45) is 0 Å². The van der Waals surface area contributed by atoms with E-state index < -0.39 is 11.6 Å². The molecule has 0 bridgehead atoms. The third-order valence-corrected chi connectivity index (χ3v) is 4.81. The highest BCUT2D eigenvalue weighted by atomic mass is 19.1. The Bertz CT molecular complexity index is 1230. The molecule has 0 aliphatic rings. The van der Waals surface area contributed by atoms with Crippen molar-refractivity contribution in [3.63, 3.8) is 0 Å².